The lowest BCUT2D eigenvalue weighted by molar-refractivity contribution is -0.139. The zero-order valence-corrected chi connectivity index (χ0v) is 14.2. The van der Waals surface area contributed by atoms with E-state index in [4.69, 9.17) is 4.74 Å². The number of sulfonamides is 1. The van der Waals surface area contributed by atoms with E-state index in [0.717, 1.165) is 24.0 Å². The molecule has 1 saturated heterocycles. The maximum absolute atomic E-state index is 12.3. The predicted octanol–water partition coefficient (Wildman–Crippen LogP) is 1.92. The number of carboxylic acids is 1. The Labute approximate surface area is 136 Å². The molecule has 1 aliphatic rings. The van der Waals surface area contributed by atoms with E-state index in [1.54, 1.807) is 19.1 Å². The fourth-order valence-corrected chi connectivity index (χ4v) is 4.18. The molecule has 1 aliphatic heterocycles. The van der Waals surface area contributed by atoms with Crippen molar-refractivity contribution in [1.29, 1.82) is 0 Å². The summed E-state index contributed by atoms with van der Waals surface area (Å²) in [7, 11) is -3.76. The maximum atomic E-state index is 12.3. The molecular weight excluding hydrogens is 318 g/mol. The van der Waals surface area contributed by atoms with Gasteiger partial charge in [0.05, 0.1) is 11.9 Å². The van der Waals surface area contributed by atoms with Crippen molar-refractivity contribution in [3.63, 3.8) is 0 Å². The van der Waals surface area contributed by atoms with Crippen LogP contribution in [0.2, 0.25) is 0 Å². The summed E-state index contributed by atoms with van der Waals surface area (Å²) in [5.74, 6) is -1.42. The van der Waals surface area contributed by atoms with Gasteiger partial charge in [0.25, 0.3) is 0 Å². The van der Waals surface area contributed by atoms with Crippen LogP contribution in [0.1, 0.15) is 42.0 Å². The van der Waals surface area contributed by atoms with Crippen LogP contribution in [0.3, 0.4) is 0 Å². The Morgan fingerprint density at radius 1 is 1.39 bits per heavy atom. The zero-order chi connectivity index (χ0) is 17.0. The highest BCUT2D eigenvalue weighted by Crippen LogP contribution is 2.22. The van der Waals surface area contributed by atoms with Gasteiger partial charge in [-0.3, -0.25) is 4.79 Å². The van der Waals surface area contributed by atoms with Crippen LogP contribution < -0.4 is 4.72 Å². The minimum Gasteiger partial charge on any atom is -0.480 e. The van der Waals surface area contributed by atoms with Crippen molar-refractivity contribution in [3.05, 3.63) is 34.9 Å². The van der Waals surface area contributed by atoms with Crippen molar-refractivity contribution in [3.8, 4) is 0 Å². The number of aryl methyl sites for hydroxylation is 1. The van der Waals surface area contributed by atoms with Gasteiger partial charge in [-0.25, -0.2) is 8.42 Å². The molecule has 2 N–H and O–H groups in total. The number of carboxylic acid groups (broad SMARTS) is 1. The summed E-state index contributed by atoms with van der Waals surface area (Å²) in [4.78, 5) is 11.6. The number of benzene rings is 1. The largest absolute Gasteiger partial charge is 0.480 e. The van der Waals surface area contributed by atoms with Gasteiger partial charge in [0.1, 0.15) is 6.04 Å². The Morgan fingerprint density at radius 3 is 2.74 bits per heavy atom. The van der Waals surface area contributed by atoms with Crippen molar-refractivity contribution >= 4 is 16.0 Å². The number of rotatable bonds is 6. The molecule has 1 heterocycles. The van der Waals surface area contributed by atoms with E-state index in [-0.39, 0.29) is 11.9 Å². The lowest BCUT2D eigenvalue weighted by atomic mass is 9.98. The molecule has 128 valence electrons. The maximum Gasteiger partial charge on any atom is 0.326 e. The molecule has 7 heteroatoms. The second kappa shape index (κ2) is 7.42. The first-order valence-corrected chi connectivity index (χ1v) is 9.36. The molecule has 2 unspecified atom stereocenters. The van der Waals surface area contributed by atoms with E-state index in [9.17, 15) is 18.3 Å². The average molecular weight is 341 g/mol. The molecule has 2 atom stereocenters. The second-order valence-corrected chi connectivity index (χ2v) is 7.75. The van der Waals surface area contributed by atoms with Gasteiger partial charge >= 0.3 is 5.97 Å². The van der Waals surface area contributed by atoms with Gasteiger partial charge in [0.2, 0.25) is 10.0 Å². The smallest absolute Gasteiger partial charge is 0.326 e. The van der Waals surface area contributed by atoms with Crippen molar-refractivity contribution in [1.82, 2.24) is 4.72 Å². The molecule has 0 aromatic heterocycles. The van der Waals surface area contributed by atoms with E-state index in [1.807, 2.05) is 13.0 Å². The lowest BCUT2D eigenvalue weighted by Crippen LogP contribution is -2.39. The van der Waals surface area contributed by atoms with Gasteiger partial charge < -0.3 is 9.84 Å². The molecule has 6 nitrogen and oxygen atoms in total. The standard InChI is InChI=1S/C16H23NO5S/c1-11-6-5-8-14(12(11)2)15(16(18)19)17-23(20,21)10-13-7-3-4-9-22-13/h5-6,8,13,15,17H,3-4,7,9-10H2,1-2H3,(H,18,19). The van der Waals surface area contributed by atoms with Gasteiger partial charge in [-0.2, -0.15) is 4.72 Å². The summed E-state index contributed by atoms with van der Waals surface area (Å²) in [6, 6.07) is 3.94. The first-order chi connectivity index (χ1) is 10.8. The normalized spacial score (nSPS) is 20.2. The number of carbonyl (C=O) groups is 1. The molecule has 1 aromatic carbocycles. The molecular formula is C16H23NO5S. The molecule has 1 aromatic rings. The van der Waals surface area contributed by atoms with E-state index in [2.05, 4.69) is 4.72 Å². The first-order valence-electron chi connectivity index (χ1n) is 7.70. The van der Waals surface area contributed by atoms with Crippen LogP contribution in [0.15, 0.2) is 18.2 Å². The first kappa shape index (κ1) is 17.9. The average Bonchev–Trinajstić information content (AvgIpc) is 2.48. The number of ether oxygens (including phenoxy) is 1. The van der Waals surface area contributed by atoms with E-state index in [0.29, 0.717) is 18.6 Å². The van der Waals surface area contributed by atoms with Gasteiger partial charge in [-0.05, 0) is 49.8 Å². The van der Waals surface area contributed by atoms with Crippen molar-refractivity contribution in [2.45, 2.75) is 45.3 Å². The van der Waals surface area contributed by atoms with Crippen LogP contribution in [-0.2, 0) is 19.6 Å². The summed E-state index contributed by atoms with van der Waals surface area (Å²) < 4.78 is 32.4. The van der Waals surface area contributed by atoms with Crippen molar-refractivity contribution < 1.29 is 23.1 Å². The minimum absolute atomic E-state index is 0.207. The SMILES string of the molecule is Cc1cccc(C(NS(=O)(=O)CC2CCCCO2)C(=O)O)c1C. The third kappa shape index (κ3) is 4.76. The summed E-state index contributed by atoms with van der Waals surface area (Å²) in [6.45, 7) is 4.21. The quantitative estimate of drug-likeness (QED) is 0.824. The van der Waals surface area contributed by atoms with Gasteiger partial charge in [0, 0.05) is 6.61 Å². The van der Waals surface area contributed by atoms with Crippen LogP contribution in [0.5, 0.6) is 0 Å². The Morgan fingerprint density at radius 2 is 2.13 bits per heavy atom. The molecule has 1 fully saturated rings. The number of hydrogen-bond donors (Lipinski definition) is 2. The van der Waals surface area contributed by atoms with Crippen LogP contribution in [0, 0.1) is 13.8 Å². The van der Waals surface area contributed by atoms with E-state index in [1.165, 1.54) is 0 Å². The molecule has 0 bridgehead atoms. The molecule has 0 radical (unpaired) electrons. The topological polar surface area (TPSA) is 92.7 Å². The third-order valence-electron chi connectivity index (χ3n) is 4.18. The van der Waals surface area contributed by atoms with Crippen LogP contribution in [0.4, 0.5) is 0 Å². The van der Waals surface area contributed by atoms with Gasteiger partial charge in [0.15, 0.2) is 0 Å². The second-order valence-electron chi connectivity index (χ2n) is 5.95. The highest BCUT2D eigenvalue weighted by molar-refractivity contribution is 7.89. The molecule has 23 heavy (non-hydrogen) atoms. The molecule has 2 rings (SSSR count). The monoisotopic (exact) mass is 341 g/mol. The summed E-state index contributed by atoms with van der Waals surface area (Å²) >= 11 is 0. The van der Waals surface area contributed by atoms with Crippen molar-refractivity contribution in [2.24, 2.45) is 0 Å². The third-order valence-corrected chi connectivity index (χ3v) is 5.59. The Kier molecular flexibility index (Phi) is 5.78. The fourth-order valence-electron chi connectivity index (χ4n) is 2.74. The molecule has 0 saturated carbocycles. The number of aliphatic carboxylic acids is 1. The minimum atomic E-state index is -3.76. The predicted molar refractivity (Wildman–Crippen MR) is 86.8 cm³/mol. The molecule has 0 aliphatic carbocycles. The Balaban J connectivity index is 2.18. The summed E-state index contributed by atoms with van der Waals surface area (Å²) in [5.41, 5.74) is 2.16. The summed E-state index contributed by atoms with van der Waals surface area (Å²) in [5, 5.41) is 9.45. The van der Waals surface area contributed by atoms with Crippen LogP contribution in [0.25, 0.3) is 0 Å². The highest BCUT2D eigenvalue weighted by atomic mass is 32.2. The van der Waals surface area contributed by atoms with Crippen LogP contribution >= 0.6 is 0 Å². The highest BCUT2D eigenvalue weighted by Gasteiger charge is 2.30. The van der Waals surface area contributed by atoms with Gasteiger partial charge in [-0.15, -0.1) is 0 Å². The van der Waals surface area contributed by atoms with Gasteiger partial charge in [-0.1, -0.05) is 18.2 Å². The fraction of sp³-hybridized carbons (Fsp3) is 0.562. The molecule has 0 amide bonds. The lowest BCUT2D eigenvalue weighted by Gasteiger charge is -2.24. The Bertz CT molecular complexity index is 665. The number of hydrogen-bond acceptors (Lipinski definition) is 4. The van der Waals surface area contributed by atoms with E-state index >= 15 is 0 Å². The summed E-state index contributed by atoms with van der Waals surface area (Å²) in [6.07, 6.45) is 2.18. The molecule has 0 spiro atoms. The zero-order valence-electron chi connectivity index (χ0n) is 13.4. The number of nitrogens with one attached hydrogen (secondary N) is 1. The van der Waals surface area contributed by atoms with Crippen LogP contribution in [-0.4, -0.2) is 38.0 Å². The Hall–Kier alpha value is -1.44. The van der Waals surface area contributed by atoms with E-state index < -0.39 is 22.0 Å². The van der Waals surface area contributed by atoms with Crippen molar-refractivity contribution in [2.75, 3.05) is 12.4 Å².